The van der Waals surface area contributed by atoms with Gasteiger partial charge in [-0.15, -0.1) is 0 Å². The van der Waals surface area contributed by atoms with E-state index in [4.69, 9.17) is 10.7 Å². The van der Waals surface area contributed by atoms with Crippen molar-refractivity contribution in [3.8, 4) is 16.8 Å². The average molecular weight is 495 g/mol. The molecule has 0 radical (unpaired) electrons. The molecule has 2 aromatic heterocycles. The lowest BCUT2D eigenvalue weighted by Crippen LogP contribution is -2.35. The minimum absolute atomic E-state index is 0.275. The predicted octanol–water partition coefficient (Wildman–Crippen LogP) is 5.46. The molecule has 190 valence electrons. The van der Waals surface area contributed by atoms with Crippen molar-refractivity contribution >= 4 is 17.7 Å². The standard InChI is InChI=1S/C30H34N6O/c31-28-16-15-25(21-32-28)24-10-7-9-23(19-24)20-33-30-34-26(22-36(30)27-12-3-1-4-13-27)11-8-14-29(37)35-17-5-2-6-18-35/h1,3-4,7,9-10,12-13,15-16,19,21-22H,2,5-6,8,11,14,17-18,20H2,(H2,31,32)(H,33,34). The van der Waals surface area contributed by atoms with Crippen LogP contribution in [0.3, 0.4) is 0 Å². The Labute approximate surface area is 218 Å². The second kappa shape index (κ2) is 11.7. The number of imidazole rings is 1. The Morgan fingerprint density at radius 3 is 2.57 bits per heavy atom. The summed E-state index contributed by atoms with van der Waals surface area (Å²) in [6.07, 6.45) is 9.52. The van der Waals surface area contributed by atoms with Crippen LogP contribution in [0.25, 0.3) is 16.8 Å². The molecule has 1 aliphatic heterocycles. The van der Waals surface area contributed by atoms with Gasteiger partial charge in [-0.3, -0.25) is 9.36 Å². The molecule has 1 amide bonds. The highest BCUT2D eigenvalue weighted by molar-refractivity contribution is 5.76. The first-order valence-electron chi connectivity index (χ1n) is 13.1. The number of nitrogens with zero attached hydrogens (tertiary/aromatic N) is 4. The molecule has 3 N–H and O–H groups in total. The molecule has 0 aliphatic carbocycles. The number of amides is 1. The van der Waals surface area contributed by atoms with Crippen LogP contribution < -0.4 is 11.1 Å². The summed E-state index contributed by atoms with van der Waals surface area (Å²) in [5, 5.41) is 3.53. The molecular formula is C30H34N6O. The first-order valence-corrected chi connectivity index (χ1v) is 13.1. The molecule has 1 saturated heterocycles. The zero-order valence-corrected chi connectivity index (χ0v) is 21.1. The molecule has 0 atom stereocenters. The monoisotopic (exact) mass is 494 g/mol. The highest BCUT2D eigenvalue weighted by Crippen LogP contribution is 2.22. The number of nitrogens with two attached hydrogens (primary N) is 1. The van der Waals surface area contributed by atoms with Crippen LogP contribution in [-0.2, 0) is 17.8 Å². The lowest BCUT2D eigenvalue weighted by molar-refractivity contribution is -0.132. The van der Waals surface area contributed by atoms with Crippen molar-refractivity contribution in [1.82, 2.24) is 19.4 Å². The van der Waals surface area contributed by atoms with Gasteiger partial charge < -0.3 is 16.0 Å². The van der Waals surface area contributed by atoms with E-state index in [1.807, 2.05) is 35.2 Å². The fourth-order valence-corrected chi connectivity index (χ4v) is 4.80. The SMILES string of the molecule is Nc1ccc(-c2cccc(CNc3nc(CCCC(=O)N4CCCCC4)cn3-c3ccccc3)c2)cn1. The molecule has 0 unspecified atom stereocenters. The number of pyridine rings is 1. The Morgan fingerprint density at radius 1 is 0.946 bits per heavy atom. The molecule has 2 aromatic carbocycles. The zero-order valence-electron chi connectivity index (χ0n) is 21.1. The molecule has 3 heterocycles. The van der Waals surface area contributed by atoms with Gasteiger partial charge in [0.05, 0.1) is 5.69 Å². The van der Waals surface area contributed by atoms with Crippen LogP contribution >= 0.6 is 0 Å². The number of carbonyl (C=O) groups excluding carboxylic acids is 1. The smallest absolute Gasteiger partial charge is 0.222 e. The highest BCUT2D eigenvalue weighted by atomic mass is 16.2. The Balaban J connectivity index is 1.27. The maximum absolute atomic E-state index is 12.6. The third-order valence-electron chi connectivity index (χ3n) is 6.82. The van der Waals surface area contributed by atoms with E-state index >= 15 is 0 Å². The lowest BCUT2D eigenvalue weighted by Gasteiger charge is -2.26. The number of likely N-dealkylation sites (tertiary alicyclic amines) is 1. The number of benzene rings is 2. The fraction of sp³-hybridized carbons (Fsp3) is 0.300. The van der Waals surface area contributed by atoms with Gasteiger partial charge in [-0.25, -0.2) is 9.97 Å². The van der Waals surface area contributed by atoms with Gasteiger partial charge >= 0.3 is 0 Å². The summed E-state index contributed by atoms with van der Waals surface area (Å²) in [5.74, 6) is 1.58. The summed E-state index contributed by atoms with van der Waals surface area (Å²) in [7, 11) is 0. The summed E-state index contributed by atoms with van der Waals surface area (Å²) in [6.45, 7) is 2.45. The third-order valence-corrected chi connectivity index (χ3v) is 6.82. The molecule has 1 aliphatic rings. The van der Waals surface area contributed by atoms with Crippen LogP contribution in [0.15, 0.2) is 79.1 Å². The number of anilines is 2. The minimum atomic E-state index is 0.275. The average Bonchev–Trinajstić information content (AvgIpc) is 3.36. The molecular weight excluding hydrogens is 460 g/mol. The maximum Gasteiger partial charge on any atom is 0.222 e. The van der Waals surface area contributed by atoms with E-state index in [2.05, 4.69) is 57.5 Å². The molecule has 5 rings (SSSR count). The van der Waals surface area contributed by atoms with Crippen molar-refractivity contribution in [3.05, 3.63) is 90.4 Å². The van der Waals surface area contributed by atoms with Crippen LogP contribution in [-0.4, -0.2) is 38.4 Å². The highest BCUT2D eigenvalue weighted by Gasteiger charge is 2.16. The fourth-order valence-electron chi connectivity index (χ4n) is 4.80. The Kier molecular flexibility index (Phi) is 7.79. The zero-order chi connectivity index (χ0) is 25.5. The van der Waals surface area contributed by atoms with Gasteiger partial charge in [-0.1, -0.05) is 36.4 Å². The molecule has 0 saturated carbocycles. The van der Waals surface area contributed by atoms with Crippen molar-refractivity contribution in [2.45, 2.75) is 45.1 Å². The van der Waals surface area contributed by atoms with E-state index in [9.17, 15) is 4.79 Å². The molecule has 7 nitrogen and oxygen atoms in total. The largest absolute Gasteiger partial charge is 0.384 e. The summed E-state index contributed by atoms with van der Waals surface area (Å²) in [4.78, 5) is 23.7. The first kappa shape index (κ1) is 24.6. The predicted molar refractivity (Wildman–Crippen MR) is 148 cm³/mol. The molecule has 1 fully saturated rings. The quantitative estimate of drug-likeness (QED) is 0.322. The number of nitrogens with one attached hydrogen (secondary N) is 1. The number of hydrogen-bond acceptors (Lipinski definition) is 5. The molecule has 37 heavy (non-hydrogen) atoms. The lowest BCUT2D eigenvalue weighted by atomic mass is 10.0. The van der Waals surface area contributed by atoms with Crippen LogP contribution in [0.4, 0.5) is 11.8 Å². The summed E-state index contributed by atoms with van der Waals surface area (Å²) in [6, 6.07) is 22.4. The van der Waals surface area contributed by atoms with Gasteiger partial charge in [0, 0.05) is 49.7 Å². The third kappa shape index (κ3) is 6.36. The van der Waals surface area contributed by atoms with E-state index in [-0.39, 0.29) is 5.91 Å². The Bertz CT molecular complexity index is 1310. The molecule has 7 heteroatoms. The van der Waals surface area contributed by atoms with E-state index in [0.717, 1.165) is 72.8 Å². The van der Waals surface area contributed by atoms with E-state index in [1.54, 1.807) is 6.20 Å². The summed E-state index contributed by atoms with van der Waals surface area (Å²) in [5.41, 5.74) is 11.0. The molecule has 0 bridgehead atoms. The number of carbonyl (C=O) groups is 1. The van der Waals surface area contributed by atoms with Gasteiger partial charge in [0.2, 0.25) is 11.9 Å². The van der Waals surface area contributed by atoms with Gasteiger partial charge in [0.1, 0.15) is 5.82 Å². The van der Waals surface area contributed by atoms with E-state index in [0.29, 0.717) is 18.8 Å². The van der Waals surface area contributed by atoms with E-state index < -0.39 is 0 Å². The summed E-state index contributed by atoms with van der Waals surface area (Å²) < 4.78 is 2.09. The van der Waals surface area contributed by atoms with Crippen molar-refractivity contribution < 1.29 is 4.79 Å². The van der Waals surface area contributed by atoms with Crippen LogP contribution in [0.2, 0.25) is 0 Å². The number of rotatable bonds is 9. The number of hydrogen-bond donors (Lipinski definition) is 2. The van der Waals surface area contributed by atoms with Crippen molar-refractivity contribution in [2.75, 3.05) is 24.1 Å². The minimum Gasteiger partial charge on any atom is -0.384 e. The number of aryl methyl sites for hydroxylation is 1. The number of piperidine rings is 1. The Morgan fingerprint density at radius 2 is 1.78 bits per heavy atom. The number of para-hydroxylation sites is 1. The van der Waals surface area contributed by atoms with Gasteiger partial charge in [0.15, 0.2) is 0 Å². The number of nitrogen functional groups attached to an aromatic ring is 1. The van der Waals surface area contributed by atoms with Gasteiger partial charge in [0.25, 0.3) is 0 Å². The molecule has 4 aromatic rings. The molecule has 0 spiro atoms. The van der Waals surface area contributed by atoms with Crippen LogP contribution in [0.5, 0.6) is 0 Å². The van der Waals surface area contributed by atoms with Crippen LogP contribution in [0.1, 0.15) is 43.4 Å². The maximum atomic E-state index is 12.6. The van der Waals surface area contributed by atoms with Crippen molar-refractivity contribution in [1.29, 1.82) is 0 Å². The van der Waals surface area contributed by atoms with Gasteiger partial charge in [-0.2, -0.15) is 0 Å². The topological polar surface area (TPSA) is 89.1 Å². The normalized spacial score (nSPS) is 13.5. The summed E-state index contributed by atoms with van der Waals surface area (Å²) >= 11 is 0. The second-order valence-electron chi connectivity index (χ2n) is 9.58. The van der Waals surface area contributed by atoms with E-state index in [1.165, 1.54) is 6.42 Å². The van der Waals surface area contributed by atoms with Crippen molar-refractivity contribution in [3.63, 3.8) is 0 Å². The second-order valence-corrected chi connectivity index (χ2v) is 9.58. The van der Waals surface area contributed by atoms with Gasteiger partial charge in [-0.05, 0) is 73.6 Å². The first-order chi connectivity index (χ1) is 18.2. The van der Waals surface area contributed by atoms with Crippen LogP contribution in [0, 0.1) is 0 Å². The van der Waals surface area contributed by atoms with Crippen molar-refractivity contribution in [2.24, 2.45) is 0 Å². The number of aromatic nitrogens is 3. The Hall–Kier alpha value is -4.13.